The van der Waals surface area contributed by atoms with Crippen molar-refractivity contribution in [2.24, 2.45) is 0 Å². The highest BCUT2D eigenvalue weighted by Crippen LogP contribution is 2.34. The van der Waals surface area contributed by atoms with Gasteiger partial charge in [0.25, 0.3) is 0 Å². The van der Waals surface area contributed by atoms with Gasteiger partial charge in [0.1, 0.15) is 24.7 Å². The number of rotatable bonds is 8. The number of nitrogens with zero attached hydrogens (tertiary/aromatic N) is 5. The number of hydrogen-bond donors (Lipinski definition) is 0. The van der Waals surface area contributed by atoms with Crippen molar-refractivity contribution in [3.63, 3.8) is 0 Å². The van der Waals surface area contributed by atoms with Gasteiger partial charge in [-0.15, -0.1) is 0 Å². The average Bonchev–Trinajstić information content (AvgIpc) is 3.24. The second-order valence-corrected chi connectivity index (χ2v) is 13.9. The fraction of sp³-hybridized carbons (Fsp3) is 0.526. The maximum absolute atomic E-state index is 13.2. The molecule has 10 heteroatoms. The summed E-state index contributed by atoms with van der Waals surface area (Å²) in [5.74, 6) is 0. The molecule has 1 atom stereocenters. The van der Waals surface area contributed by atoms with Crippen LogP contribution in [0.2, 0.25) is 25.7 Å². The van der Waals surface area contributed by atoms with Gasteiger partial charge in [0.15, 0.2) is 0 Å². The summed E-state index contributed by atoms with van der Waals surface area (Å²) in [5.41, 5.74) is 1.76. The van der Waals surface area contributed by atoms with Crippen LogP contribution < -0.4 is 0 Å². The van der Waals surface area contributed by atoms with Crippen LogP contribution in [0.5, 0.6) is 0 Å². The van der Waals surface area contributed by atoms with Crippen LogP contribution in [0.25, 0.3) is 22.3 Å². The molecule has 3 aromatic heterocycles. The number of fused-ring (bicyclic) bond motifs is 1. The van der Waals surface area contributed by atoms with Crippen molar-refractivity contribution in [1.82, 2.24) is 24.3 Å². The predicted molar refractivity (Wildman–Crippen MR) is 108 cm³/mol. The first-order valence-corrected chi connectivity index (χ1v) is 13.3. The molecule has 1 unspecified atom stereocenters. The Kier molecular flexibility index (Phi) is 6.13. The Hall–Kier alpha value is -2.20. The lowest BCUT2D eigenvalue weighted by Crippen LogP contribution is -2.26. The normalized spacial score (nSPS) is 13.9. The van der Waals surface area contributed by atoms with Crippen LogP contribution in [-0.2, 0) is 11.5 Å². The molecule has 0 bridgehead atoms. The van der Waals surface area contributed by atoms with Crippen molar-refractivity contribution in [1.29, 1.82) is 0 Å². The smallest absolute Gasteiger partial charge is 0.361 e. The van der Waals surface area contributed by atoms with E-state index in [1.54, 1.807) is 0 Å². The second kappa shape index (κ2) is 8.27. The monoisotopic (exact) mass is 425 g/mol. The van der Waals surface area contributed by atoms with Crippen LogP contribution in [0.4, 0.5) is 13.2 Å². The van der Waals surface area contributed by atoms with Gasteiger partial charge in [-0.25, -0.2) is 9.97 Å². The molecule has 0 spiro atoms. The second-order valence-electron chi connectivity index (χ2n) is 8.27. The molecule has 3 heterocycles. The molecule has 0 saturated carbocycles. The van der Waals surface area contributed by atoms with Gasteiger partial charge in [-0.1, -0.05) is 26.6 Å². The van der Waals surface area contributed by atoms with Crippen molar-refractivity contribution in [3.05, 3.63) is 31.0 Å². The zero-order valence-electron chi connectivity index (χ0n) is 17.1. The Morgan fingerprint density at radius 1 is 1.21 bits per heavy atom. The molecule has 0 aromatic carbocycles. The number of aromatic nitrogens is 5. The molecular formula is C19H26F3N5OSi. The molecule has 0 aliphatic heterocycles. The summed E-state index contributed by atoms with van der Waals surface area (Å²) >= 11 is 0. The Labute approximate surface area is 168 Å². The highest BCUT2D eigenvalue weighted by molar-refractivity contribution is 6.76. The van der Waals surface area contributed by atoms with Crippen LogP contribution >= 0.6 is 0 Å². The Bertz CT molecular complexity index is 961. The molecule has 3 aromatic rings. The van der Waals surface area contributed by atoms with E-state index in [4.69, 9.17) is 4.74 Å². The van der Waals surface area contributed by atoms with Gasteiger partial charge < -0.3 is 9.30 Å². The highest BCUT2D eigenvalue weighted by atomic mass is 28.3. The van der Waals surface area contributed by atoms with Crippen LogP contribution in [0, 0.1) is 0 Å². The molecule has 0 aliphatic rings. The Morgan fingerprint density at radius 3 is 2.62 bits per heavy atom. The molecule has 3 rings (SSSR count). The fourth-order valence-corrected chi connectivity index (χ4v) is 3.84. The number of ether oxygens (including phenoxy) is 1. The van der Waals surface area contributed by atoms with Crippen LogP contribution in [-0.4, -0.2) is 45.2 Å². The summed E-state index contributed by atoms with van der Waals surface area (Å²) in [6.07, 6.45) is 1.63. The maximum Gasteiger partial charge on any atom is 0.410 e. The molecule has 29 heavy (non-hydrogen) atoms. The molecule has 0 amide bonds. The first-order chi connectivity index (χ1) is 13.6. The van der Waals surface area contributed by atoms with E-state index in [0.29, 0.717) is 30.2 Å². The molecule has 0 N–H and O–H groups in total. The number of alkyl halides is 3. The lowest BCUT2D eigenvalue weighted by molar-refractivity contribution is -0.170. The zero-order chi connectivity index (χ0) is 21.2. The minimum Gasteiger partial charge on any atom is -0.361 e. The first-order valence-electron chi connectivity index (χ1n) is 9.59. The Morgan fingerprint density at radius 2 is 1.97 bits per heavy atom. The molecular weight excluding hydrogens is 399 g/mol. The van der Waals surface area contributed by atoms with Crippen molar-refractivity contribution < 1.29 is 17.9 Å². The minimum atomic E-state index is -4.35. The third-order valence-electron chi connectivity index (χ3n) is 4.74. The Balaban J connectivity index is 1.82. The lowest BCUT2D eigenvalue weighted by atomic mass is 10.2. The number of hydrogen-bond acceptors (Lipinski definition) is 4. The quantitative estimate of drug-likeness (QED) is 0.371. The van der Waals surface area contributed by atoms with Gasteiger partial charge >= 0.3 is 6.18 Å². The van der Waals surface area contributed by atoms with Gasteiger partial charge in [0.05, 0.1) is 11.9 Å². The van der Waals surface area contributed by atoms with E-state index in [1.165, 1.54) is 25.6 Å². The third-order valence-corrected chi connectivity index (χ3v) is 6.45. The van der Waals surface area contributed by atoms with E-state index in [1.807, 2.05) is 16.8 Å². The van der Waals surface area contributed by atoms with Crippen molar-refractivity contribution >= 4 is 19.1 Å². The standard InChI is InChI=1S/C19H26F3N5OSi/c1-5-16(19(20,21)22)27-11-14(10-25-27)17-15-6-7-26(18(15)24-12-23-17)13-28-8-9-29(2,3)4/h6-7,10-12,16H,5,8-9,13H2,1-4H3. The molecule has 6 nitrogen and oxygen atoms in total. The molecule has 0 saturated heterocycles. The summed E-state index contributed by atoms with van der Waals surface area (Å²) in [4.78, 5) is 8.61. The molecule has 158 valence electrons. The van der Waals surface area contributed by atoms with Gasteiger partial charge in [-0.3, -0.25) is 4.68 Å². The van der Waals surface area contributed by atoms with E-state index in [0.717, 1.165) is 16.1 Å². The third kappa shape index (κ3) is 5.05. The largest absolute Gasteiger partial charge is 0.410 e. The zero-order valence-corrected chi connectivity index (χ0v) is 18.1. The fourth-order valence-electron chi connectivity index (χ4n) is 3.08. The molecule has 0 radical (unpaired) electrons. The summed E-state index contributed by atoms with van der Waals surface area (Å²) in [6.45, 7) is 9.44. The average molecular weight is 426 g/mol. The van der Waals surface area contributed by atoms with Gasteiger partial charge in [0, 0.05) is 38.0 Å². The molecule has 0 aliphatic carbocycles. The minimum absolute atomic E-state index is 0.0883. The predicted octanol–water partition coefficient (Wildman–Crippen LogP) is 5.12. The summed E-state index contributed by atoms with van der Waals surface area (Å²) in [7, 11) is -1.16. The topological polar surface area (TPSA) is 57.8 Å². The van der Waals surface area contributed by atoms with Gasteiger partial charge in [-0.05, 0) is 18.5 Å². The van der Waals surface area contributed by atoms with E-state index in [-0.39, 0.29) is 6.42 Å². The van der Waals surface area contributed by atoms with Crippen LogP contribution in [0.1, 0.15) is 19.4 Å². The van der Waals surface area contributed by atoms with E-state index in [9.17, 15) is 13.2 Å². The lowest BCUT2D eigenvalue weighted by Gasteiger charge is -2.18. The van der Waals surface area contributed by atoms with Crippen LogP contribution in [0.15, 0.2) is 31.0 Å². The van der Waals surface area contributed by atoms with Crippen molar-refractivity contribution in [2.45, 2.75) is 58.0 Å². The van der Waals surface area contributed by atoms with Gasteiger partial charge in [-0.2, -0.15) is 18.3 Å². The molecule has 0 fully saturated rings. The SMILES string of the molecule is CCC(n1cc(-c2ncnc3c2ccn3COCC[Si](C)(C)C)cn1)C(F)(F)F. The highest BCUT2D eigenvalue weighted by Gasteiger charge is 2.40. The van der Waals surface area contributed by atoms with E-state index >= 15 is 0 Å². The summed E-state index contributed by atoms with van der Waals surface area (Å²) in [5, 5.41) is 4.69. The first kappa shape index (κ1) is 21.5. The number of halogens is 3. The van der Waals surface area contributed by atoms with Crippen molar-refractivity contribution in [2.75, 3.05) is 6.61 Å². The summed E-state index contributed by atoms with van der Waals surface area (Å²) < 4.78 is 48.2. The van der Waals surface area contributed by atoms with Crippen molar-refractivity contribution in [3.8, 4) is 11.3 Å². The maximum atomic E-state index is 13.2. The van der Waals surface area contributed by atoms with E-state index < -0.39 is 20.3 Å². The van der Waals surface area contributed by atoms with Crippen LogP contribution in [0.3, 0.4) is 0 Å². The van der Waals surface area contributed by atoms with Gasteiger partial charge in [0.2, 0.25) is 0 Å². The van der Waals surface area contributed by atoms with E-state index in [2.05, 4.69) is 34.7 Å². The summed E-state index contributed by atoms with van der Waals surface area (Å²) in [6, 6.07) is 1.27.